The molecule has 1 amide bonds. The van der Waals surface area contributed by atoms with Crippen LogP contribution in [-0.2, 0) is 14.9 Å². The zero-order valence-corrected chi connectivity index (χ0v) is 19.2. The Morgan fingerprint density at radius 3 is 2.63 bits per heavy atom. The van der Waals surface area contributed by atoms with E-state index in [9.17, 15) is 14.7 Å². The first kappa shape index (κ1) is 22.5. The summed E-state index contributed by atoms with van der Waals surface area (Å²) in [5, 5.41) is 16.2. The van der Waals surface area contributed by atoms with Crippen LogP contribution in [0.25, 0.3) is 11.4 Å². The number of rotatable bonds is 5. The summed E-state index contributed by atoms with van der Waals surface area (Å²) in [6, 6.07) is 7.04. The van der Waals surface area contributed by atoms with Crippen LogP contribution in [0, 0.1) is 18.8 Å². The third-order valence-electron chi connectivity index (χ3n) is 5.54. The summed E-state index contributed by atoms with van der Waals surface area (Å²) in [6.07, 6.45) is -0.463. The molecule has 178 valence electrons. The van der Waals surface area contributed by atoms with Gasteiger partial charge in [0.1, 0.15) is 22.9 Å². The van der Waals surface area contributed by atoms with Gasteiger partial charge in [0.05, 0.1) is 0 Å². The second-order valence-electron chi connectivity index (χ2n) is 7.95. The van der Waals surface area contributed by atoms with Gasteiger partial charge in [-0.2, -0.15) is 9.97 Å². The third-order valence-corrected chi connectivity index (χ3v) is 5.89. The maximum absolute atomic E-state index is 12.4. The smallest absolute Gasteiger partial charge is 0.412 e. The molecule has 2 N–H and O–H groups in total. The van der Waals surface area contributed by atoms with Crippen molar-refractivity contribution in [3.05, 3.63) is 58.1 Å². The largest absolute Gasteiger partial charge is 0.480 e. The van der Waals surface area contributed by atoms with E-state index in [2.05, 4.69) is 32.3 Å². The Balaban J connectivity index is 1.30. The fourth-order valence-electron chi connectivity index (χ4n) is 3.42. The lowest BCUT2D eigenvalue weighted by Gasteiger charge is -2.15. The summed E-state index contributed by atoms with van der Waals surface area (Å²) in [7, 11) is 0. The number of carboxylic acids is 1. The van der Waals surface area contributed by atoms with Crippen molar-refractivity contribution in [2.75, 3.05) is 5.32 Å². The van der Waals surface area contributed by atoms with Crippen LogP contribution < -0.4 is 5.32 Å². The minimum absolute atomic E-state index is 0.0344. The summed E-state index contributed by atoms with van der Waals surface area (Å²) in [6.45, 7) is 3.32. The lowest BCUT2D eigenvalue weighted by molar-refractivity contribution is -0.140. The van der Waals surface area contributed by atoms with Crippen molar-refractivity contribution in [3.63, 3.8) is 0 Å². The number of hydrogen-bond acceptors (Lipinski definition) is 9. The fraction of sp³-hybridized carbons (Fsp3) is 0.261. The maximum Gasteiger partial charge on any atom is 0.412 e. The van der Waals surface area contributed by atoms with Gasteiger partial charge in [-0.3, -0.25) is 10.1 Å². The number of anilines is 1. The van der Waals surface area contributed by atoms with Crippen LogP contribution in [0.2, 0.25) is 5.02 Å². The highest BCUT2D eigenvalue weighted by Gasteiger charge is 2.56. The van der Waals surface area contributed by atoms with Gasteiger partial charge in [-0.1, -0.05) is 35.0 Å². The SMILES string of the molecule is Cc1noc(C#Cc2nc3oc(C4(C(=O)O)CC4)nc3o2)c1NC(=O)OC(C)c1ccccc1Cl. The summed E-state index contributed by atoms with van der Waals surface area (Å²) in [5.41, 5.74) is 0.244. The van der Waals surface area contributed by atoms with E-state index in [1.807, 2.05) is 0 Å². The van der Waals surface area contributed by atoms with Gasteiger partial charge in [0, 0.05) is 16.5 Å². The Bertz CT molecular complexity index is 1490. The number of hydrogen-bond donors (Lipinski definition) is 2. The molecule has 1 saturated carbocycles. The molecule has 1 aliphatic carbocycles. The van der Waals surface area contributed by atoms with Crippen LogP contribution in [0.4, 0.5) is 10.5 Å². The van der Waals surface area contributed by atoms with E-state index in [0.29, 0.717) is 29.1 Å². The summed E-state index contributed by atoms with van der Waals surface area (Å²) in [4.78, 5) is 32.1. The molecule has 3 heterocycles. The maximum atomic E-state index is 12.4. The molecule has 35 heavy (non-hydrogen) atoms. The molecular weight excluding hydrogens is 480 g/mol. The average Bonchev–Trinajstić information content (AvgIpc) is 3.25. The number of oxazole rings is 2. The average molecular weight is 497 g/mol. The second-order valence-corrected chi connectivity index (χ2v) is 8.36. The van der Waals surface area contributed by atoms with E-state index in [0.717, 1.165) is 0 Å². The zero-order chi connectivity index (χ0) is 24.7. The number of aryl methyl sites for hydroxylation is 1. The number of carbonyl (C=O) groups excluding carboxylic acids is 1. The molecule has 1 fully saturated rings. The number of aromatic nitrogens is 3. The number of ether oxygens (including phenoxy) is 1. The van der Waals surface area contributed by atoms with E-state index in [1.54, 1.807) is 38.1 Å². The molecule has 11 nitrogen and oxygen atoms in total. The van der Waals surface area contributed by atoms with Crippen molar-refractivity contribution < 1.29 is 32.8 Å². The van der Waals surface area contributed by atoms with E-state index in [4.69, 9.17) is 29.7 Å². The molecule has 0 spiro atoms. The molecule has 0 aliphatic heterocycles. The first-order valence-corrected chi connectivity index (χ1v) is 10.9. The van der Waals surface area contributed by atoms with Gasteiger partial charge in [0.15, 0.2) is 0 Å². The molecule has 0 bridgehead atoms. The monoisotopic (exact) mass is 496 g/mol. The minimum atomic E-state index is -1.11. The quantitative estimate of drug-likeness (QED) is 0.375. The molecule has 1 aromatic carbocycles. The highest BCUT2D eigenvalue weighted by molar-refractivity contribution is 6.31. The van der Waals surface area contributed by atoms with Crippen LogP contribution >= 0.6 is 11.6 Å². The molecule has 1 atom stereocenters. The number of halogens is 1. The Morgan fingerprint density at radius 1 is 1.20 bits per heavy atom. The number of carboxylic acid groups (broad SMARTS) is 1. The van der Waals surface area contributed by atoms with E-state index in [-0.39, 0.29) is 34.7 Å². The van der Waals surface area contributed by atoms with Crippen LogP contribution in [0.1, 0.15) is 54.7 Å². The summed E-state index contributed by atoms with van der Waals surface area (Å²) in [5.74, 6) is 4.41. The number of fused-ring (bicyclic) bond motifs is 1. The molecule has 5 rings (SSSR count). The number of amides is 1. The van der Waals surface area contributed by atoms with Gasteiger partial charge < -0.3 is 23.2 Å². The van der Waals surface area contributed by atoms with Gasteiger partial charge in [0.2, 0.25) is 11.7 Å². The number of nitrogens with one attached hydrogen (secondary N) is 1. The van der Waals surface area contributed by atoms with Crippen molar-refractivity contribution in [2.24, 2.45) is 0 Å². The second kappa shape index (κ2) is 8.48. The topological polar surface area (TPSA) is 154 Å². The van der Waals surface area contributed by atoms with Gasteiger partial charge in [-0.15, -0.1) is 0 Å². The molecule has 1 unspecified atom stereocenters. The number of nitrogens with zero attached hydrogens (tertiary/aromatic N) is 3. The highest BCUT2D eigenvalue weighted by Crippen LogP contribution is 2.48. The van der Waals surface area contributed by atoms with Crippen LogP contribution in [0.5, 0.6) is 0 Å². The first-order chi connectivity index (χ1) is 16.8. The van der Waals surface area contributed by atoms with Crippen LogP contribution in [0.3, 0.4) is 0 Å². The van der Waals surface area contributed by atoms with E-state index >= 15 is 0 Å². The van der Waals surface area contributed by atoms with Crippen LogP contribution in [0.15, 0.2) is 37.6 Å². The van der Waals surface area contributed by atoms with Gasteiger partial charge >= 0.3 is 12.1 Å². The fourth-order valence-corrected chi connectivity index (χ4v) is 3.71. The van der Waals surface area contributed by atoms with Crippen molar-refractivity contribution in [1.82, 2.24) is 15.1 Å². The van der Waals surface area contributed by atoms with Crippen molar-refractivity contribution in [1.29, 1.82) is 0 Å². The first-order valence-electron chi connectivity index (χ1n) is 10.5. The molecule has 0 radical (unpaired) electrons. The van der Waals surface area contributed by atoms with Crippen molar-refractivity contribution in [3.8, 4) is 11.8 Å². The Kier molecular flexibility index (Phi) is 5.45. The Hall–Kier alpha value is -4.30. The minimum Gasteiger partial charge on any atom is -0.480 e. The number of benzene rings is 1. The van der Waals surface area contributed by atoms with Crippen molar-refractivity contribution in [2.45, 2.75) is 38.2 Å². The number of aliphatic carboxylic acids is 1. The van der Waals surface area contributed by atoms with Crippen molar-refractivity contribution >= 4 is 40.8 Å². The molecule has 12 heteroatoms. The predicted octanol–water partition coefficient (Wildman–Crippen LogP) is 4.59. The Morgan fingerprint density at radius 2 is 1.94 bits per heavy atom. The highest BCUT2D eigenvalue weighted by atomic mass is 35.5. The molecule has 1 aliphatic rings. The summed E-state index contributed by atoms with van der Waals surface area (Å²) < 4.78 is 21.5. The third kappa shape index (κ3) is 4.20. The standard InChI is InChI=1S/C23H17ClN4O7/c1-11-17(26-22(31)32-12(2)13-5-3-4-6-14(13)24)15(35-28-11)7-8-16-25-18-19(33-16)27-20(34-18)23(9-10-23)21(29)30/h3-6,12H,9-10H2,1-2H3,(H,26,31)(H,29,30). The summed E-state index contributed by atoms with van der Waals surface area (Å²) >= 11 is 6.16. The molecule has 3 aromatic heterocycles. The molecule has 4 aromatic rings. The number of carbonyl (C=O) groups is 2. The van der Waals surface area contributed by atoms with Gasteiger partial charge in [0.25, 0.3) is 17.3 Å². The van der Waals surface area contributed by atoms with Crippen LogP contribution in [-0.4, -0.2) is 32.3 Å². The lowest BCUT2D eigenvalue weighted by Crippen LogP contribution is -2.19. The normalized spacial score (nSPS) is 14.7. The van der Waals surface area contributed by atoms with E-state index < -0.39 is 23.6 Å². The lowest BCUT2D eigenvalue weighted by atomic mass is 10.1. The van der Waals surface area contributed by atoms with Gasteiger partial charge in [-0.05, 0) is 38.7 Å². The molecule has 0 saturated heterocycles. The van der Waals surface area contributed by atoms with Gasteiger partial charge in [-0.25, -0.2) is 4.79 Å². The predicted molar refractivity (Wildman–Crippen MR) is 120 cm³/mol. The van der Waals surface area contributed by atoms with E-state index in [1.165, 1.54) is 0 Å². The Labute approximate surface area is 202 Å². The molecular formula is C23H17ClN4O7. The zero-order valence-electron chi connectivity index (χ0n) is 18.4.